The van der Waals surface area contributed by atoms with E-state index in [-0.39, 0.29) is 4.90 Å². The van der Waals surface area contributed by atoms with E-state index in [4.69, 9.17) is 10.7 Å². The van der Waals surface area contributed by atoms with Crippen molar-refractivity contribution in [3.63, 3.8) is 0 Å². The predicted octanol–water partition coefficient (Wildman–Crippen LogP) is 3.71. The first-order chi connectivity index (χ1) is 10.3. The number of nitrogens with one attached hydrogen (secondary N) is 2. The molecule has 0 saturated heterocycles. The zero-order valence-electron chi connectivity index (χ0n) is 11.4. The van der Waals surface area contributed by atoms with Crippen LogP contribution >= 0.6 is 10.7 Å². The molecule has 5 nitrogen and oxygen atoms in total. The predicted molar refractivity (Wildman–Crippen MR) is 83.3 cm³/mol. The summed E-state index contributed by atoms with van der Waals surface area (Å²) in [4.78, 5) is 11.8. The third-order valence-electron chi connectivity index (χ3n) is 2.80. The lowest BCUT2D eigenvalue weighted by Gasteiger charge is -2.09. The summed E-state index contributed by atoms with van der Waals surface area (Å²) in [6.07, 6.45) is 0. The Kier molecular flexibility index (Phi) is 4.68. The Labute approximate surface area is 131 Å². The molecular weight excluding hydrogens is 331 g/mol. The summed E-state index contributed by atoms with van der Waals surface area (Å²) in [5, 5.41) is 5.06. The average molecular weight is 343 g/mol. The van der Waals surface area contributed by atoms with E-state index in [1.54, 1.807) is 6.92 Å². The number of urea groups is 1. The van der Waals surface area contributed by atoms with Crippen LogP contribution in [0.25, 0.3) is 0 Å². The summed E-state index contributed by atoms with van der Waals surface area (Å²) in [5.74, 6) is -0.403. The molecule has 2 amide bonds. The van der Waals surface area contributed by atoms with Crippen molar-refractivity contribution in [2.24, 2.45) is 0 Å². The van der Waals surface area contributed by atoms with Crippen LogP contribution in [-0.2, 0) is 9.05 Å². The first kappa shape index (κ1) is 16.3. The molecule has 0 radical (unpaired) electrons. The lowest BCUT2D eigenvalue weighted by Crippen LogP contribution is -2.19. The molecule has 0 spiro atoms. The van der Waals surface area contributed by atoms with E-state index in [0.29, 0.717) is 16.9 Å². The maximum atomic E-state index is 12.8. The molecule has 22 heavy (non-hydrogen) atoms. The monoisotopic (exact) mass is 342 g/mol. The van der Waals surface area contributed by atoms with E-state index in [9.17, 15) is 17.6 Å². The smallest absolute Gasteiger partial charge is 0.308 e. The van der Waals surface area contributed by atoms with Gasteiger partial charge in [0, 0.05) is 22.1 Å². The van der Waals surface area contributed by atoms with Crippen molar-refractivity contribution in [3.8, 4) is 0 Å². The van der Waals surface area contributed by atoms with Crippen molar-refractivity contribution < 1.29 is 17.6 Å². The molecule has 2 rings (SSSR count). The third kappa shape index (κ3) is 4.19. The number of hydrogen-bond donors (Lipinski definition) is 2. The van der Waals surface area contributed by atoms with Crippen molar-refractivity contribution in [1.82, 2.24) is 0 Å². The number of anilines is 2. The van der Waals surface area contributed by atoms with E-state index in [0.717, 1.165) is 0 Å². The molecule has 2 aromatic carbocycles. The first-order valence-corrected chi connectivity index (χ1v) is 8.45. The van der Waals surface area contributed by atoms with Crippen molar-refractivity contribution in [3.05, 3.63) is 53.8 Å². The zero-order chi connectivity index (χ0) is 16.3. The minimum Gasteiger partial charge on any atom is -0.308 e. The van der Waals surface area contributed by atoms with Gasteiger partial charge in [-0.25, -0.2) is 17.6 Å². The van der Waals surface area contributed by atoms with E-state index in [1.165, 1.54) is 42.5 Å². The highest BCUT2D eigenvalue weighted by Gasteiger charge is 2.14. The fraction of sp³-hybridized carbons (Fsp3) is 0.0714. The van der Waals surface area contributed by atoms with Crippen molar-refractivity contribution in [2.45, 2.75) is 11.8 Å². The Hall–Kier alpha value is -2.12. The number of rotatable bonds is 3. The highest BCUT2D eigenvalue weighted by molar-refractivity contribution is 8.13. The van der Waals surface area contributed by atoms with Crippen LogP contribution in [0.1, 0.15) is 5.56 Å². The maximum absolute atomic E-state index is 12.8. The second-order valence-corrected chi connectivity index (χ2v) is 7.04. The molecule has 0 aliphatic heterocycles. The molecule has 2 N–H and O–H groups in total. The standard InChI is InChI=1S/C14H12ClFN2O3S/c1-9-8-12(6-7-13(9)22(15,20)21)18-14(19)17-11-4-2-10(16)3-5-11/h2-8H,1H3,(H2,17,18,19). The molecule has 0 saturated carbocycles. The van der Waals surface area contributed by atoms with Crippen LogP contribution < -0.4 is 10.6 Å². The van der Waals surface area contributed by atoms with Crippen LogP contribution in [0.2, 0.25) is 0 Å². The Bertz CT molecular complexity index is 807. The van der Waals surface area contributed by atoms with Crippen molar-refractivity contribution in [1.29, 1.82) is 0 Å². The van der Waals surface area contributed by atoms with E-state index in [1.807, 2.05) is 0 Å². The van der Waals surface area contributed by atoms with Crippen LogP contribution in [0, 0.1) is 12.7 Å². The molecule has 0 bridgehead atoms. The number of carbonyl (C=O) groups is 1. The zero-order valence-corrected chi connectivity index (χ0v) is 13.0. The molecule has 0 unspecified atom stereocenters. The molecule has 0 aromatic heterocycles. The SMILES string of the molecule is Cc1cc(NC(=O)Nc2ccc(F)cc2)ccc1S(=O)(=O)Cl. The van der Waals surface area contributed by atoms with Crippen LogP contribution in [0.5, 0.6) is 0 Å². The fourth-order valence-electron chi connectivity index (χ4n) is 1.83. The molecule has 0 heterocycles. The minimum absolute atomic E-state index is 0.0151. The number of halogens is 2. The minimum atomic E-state index is -3.82. The van der Waals surface area contributed by atoms with Gasteiger partial charge >= 0.3 is 6.03 Å². The van der Waals surface area contributed by atoms with Gasteiger partial charge in [-0.3, -0.25) is 0 Å². The molecule has 8 heteroatoms. The normalized spacial score (nSPS) is 11.0. The summed E-state index contributed by atoms with van der Waals surface area (Å²) in [5.41, 5.74) is 1.24. The van der Waals surface area contributed by atoms with E-state index < -0.39 is 20.9 Å². The van der Waals surface area contributed by atoms with Gasteiger partial charge < -0.3 is 10.6 Å². The molecule has 0 aliphatic carbocycles. The van der Waals surface area contributed by atoms with Gasteiger partial charge in [-0.05, 0) is 55.0 Å². The van der Waals surface area contributed by atoms with Gasteiger partial charge in [0.2, 0.25) is 0 Å². The second-order valence-electron chi connectivity index (χ2n) is 4.50. The van der Waals surface area contributed by atoms with Crippen LogP contribution in [0.4, 0.5) is 20.6 Å². The average Bonchev–Trinajstić information content (AvgIpc) is 2.40. The Balaban J connectivity index is 2.09. The quantitative estimate of drug-likeness (QED) is 0.835. The molecule has 116 valence electrons. The lowest BCUT2D eigenvalue weighted by atomic mass is 10.2. The third-order valence-corrected chi connectivity index (χ3v) is 4.28. The Morgan fingerprint density at radius 2 is 1.59 bits per heavy atom. The summed E-state index contributed by atoms with van der Waals surface area (Å²) in [6.45, 7) is 1.57. The second kappa shape index (κ2) is 6.33. The lowest BCUT2D eigenvalue weighted by molar-refractivity contribution is 0.262. The summed E-state index contributed by atoms with van der Waals surface area (Å²) >= 11 is 0. The van der Waals surface area contributed by atoms with Crippen molar-refractivity contribution >= 4 is 37.1 Å². The Morgan fingerprint density at radius 3 is 2.14 bits per heavy atom. The maximum Gasteiger partial charge on any atom is 0.323 e. The largest absolute Gasteiger partial charge is 0.323 e. The number of aryl methyl sites for hydroxylation is 1. The molecule has 0 atom stereocenters. The highest BCUT2D eigenvalue weighted by Crippen LogP contribution is 2.22. The highest BCUT2D eigenvalue weighted by atomic mass is 35.7. The molecule has 0 fully saturated rings. The number of carbonyl (C=O) groups excluding carboxylic acids is 1. The topological polar surface area (TPSA) is 75.3 Å². The van der Waals surface area contributed by atoms with Gasteiger partial charge in [0.1, 0.15) is 5.82 Å². The molecule has 2 aromatic rings. The van der Waals surface area contributed by atoms with Crippen LogP contribution in [-0.4, -0.2) is 14.4 Å². The van der Waals surface area contributed by atoms with Gasteiger partial charge in [-0.1, -0.05) is 0 Å². The fourth-order valence-corrected chi connectivity index (χ4v) is 3.02. The van der Waals surface area contributed by atoms with Crippen molar-refractivity contribution in [2.75, 3.05) is 10.6 Å². The summed E-state index contributed by atoms with van der Waals surface area (Å²) < 4.78 is 35.3. The summed E-state index contributed by atoms with van der Waals surface area (Å²) in [6, 6.07) is 8.97. The van der Waals surface area contributed by atoms with Crippen LogP contribution in [0.15, 0.2) is 47.4 Å². The Morgan fingerprint density at radius 1 is 1.05 bits per heavy atom. The van der Waals surface area contributed by atoms with Gasteiger partial charge in [-0.15, -0.1) is 0 Å². The summed E-state index contributed by atoms with van der Waals surface area (Å²) in [7, 11) is 1.46. The first-order valence-electron chi connectivity index (χ1n) is 6.14. The molecule has 0 aliphatic rings. The van der Waals surface area contributed by atoms with Gasteiger partial charge in [0.15, 0.2) is 0 Å². The van der Waals surface area contributed by atoms with Gasteiger partial charge in [-0.2, -0.15) is 0 Å². The van der Waals surface area contributed by atoms with E-state index in [2.05, 4.69) is 10.6 Å². The number of hydrogen-bond acceptors (Lipinski definition) is 3. The molecular formula is C14H12ClFN2O3S. The van der Waals surface area contributed by atoms with Crippen LogP contribution in [0.3, 0.4) is 0 Å². The number of amides is 2. The van der Waals surface area contributed by atoms with Gasteiger partial charge in [0.25, 0.3) is 9.05 Å². The number of benzene rings is 2. The van der Waals surface area contributed by atoms with Gasteiger partial charge in [0.05, 0.1) is 4.90 Å². The van der Waals surface area contributed by atoms with E-state index >= 15 is 0 Å².